The number of para-hydroxylation sites is 1. The van der Waals surface area contributed by atoms with Gasteiger partial charge in [0.1, 0.15) is 5.69 Å². The first-order valence-electron chi connectivity index (χ1n) is 6.86. The van der Waals surface area contributed by atoms with Crippen molar-refractivity contribution in [1.29, 1.82) is 0 Å². The Balaban J connectivity index is 1.83. The molecular formula is C16H12Cl2N4O. The Labute approximate surface area is 143 Å². The number of hydrogen-bond acceptors (Lipinski definition) is 4. The number of halogens is 2. The normalized spacial score (nSPS) is 17.9. The molecule has 7 heteroatoms. The van der Waals surface area contributed by atoms with Gasteiger partial charge in [-0.2, -0.15) is 20.3 Å². The van der Waals surface area contributed by atoms with Gasteiger partial charge in [-0.25, -0.2) is 0 Å². The van der Waals surface area contributed by atoms with Gasteiger partial charge in [0.15, 0.2) is 6.04 Å². The number of carbonyl (C=O) groups excluding carboxylic acids is 1. The number of benzene rings is 2. The number of carbonyl (C=O) groups is 1. The molecule has 3 rings (SSSR count). The van der Waals surface area contributed by atoms with Crippen LogP contribution in [-0.2, 0) is 4.79 Å². The molecule has 0 saturated carbocycles. The first-order chi connectivity index (χ1) is 11.1. The third-order valence-electron chi connectivity index (χ3n) is 3.29. The third kappa shape index (κ3) is 3.25. The van der Waals surface area contributed by atoms with Crippen molar-refractivity contribution in [3.8, 4) is 0 Å². The Morgan fingerprint density at radius 3 is 2.57 bits per heavy atom. The molecule has 0 saturated heterocycles. The van der Waals surface area contributed by atoms with Crippen molar-refractivity contribution in [2.75, 3.05) is 5.01 Å². The predicted octanol–water partition coefficient (Wildman–Crippen LogP) is 4.87. The van der Waals surface area contributed by atoms with Gasteiger partial charge in [0.2, 0.25) is 0 Å². The molecule has 1 aliphatic rings. The molecule has 0 fully saturated rings. The van der Waals surface area contributed by atoms with E-state index in [1.807, 2.05) is 30.3 Å². The first kappa shape index (κ1) is 15.6. The number of hydrazone groups is 1. The molecular weight excluding hydrogens is 335 g/mol. The molecule has 2 aromatic carbocycles. The molecule has 1 heterocycles. The van der Waals surface area contributed by atoms with Crippen LogP contribution >= 0.6 is 23.2 Å². The summed E-state index contributed by atoms with van der Waals surface area (Å²) in [7, 11) is 0. The van der Waals surface area contributed by atoms with E-state index in [1.165, 1.54) is 5.01 Å². The zero-order valence-electron chi connectivity index (χ0n) is 12.1. The summed E-state index contributed by atoms with van der Waals surface area (Å²) in [6.45, 7) is 1.74. The standard InChI is InChI=1S/C16H12Cl2N4O/c1-10-15(20-19-14-8-7-11(17)9-13(14)18)16(23)22(21-10)12-5-3-2-4-6-12/h2-9,15H,1H3. The quantitative estimate of drug-likeness (QED) is 0.731. The van der Waals surface area contributed by atoms with Crippen molar-refractivity contribution < 1.29 is 4.79 Å². The SMILES string of the molecule is CC1=NN(c2ccccc2)C(=O)C1N=Nc1ccc(Cl)cc1Cl. The van der Waals surface area contributed by atoms with Crippen LogP contribution in [0.2, 0.25) is 10.0 Å². The summed E-state index contributed by atoms with van der Waals surface area (Å²) in [4.78, 5) is 12.5. The van der Waals surface area contributed by atoms with Gasteiger partial charge in [0.05, 0.1) is 16.4 Å². The van der Waals surface area contributed by atoms with E-state index in [9.17, 15) is 4.79 Å². The number of amides is 1. The van der Waals surface area contributed by atoms with Crippen LogP contribution in [0.4, 0.5) is 11.4 Å². The molecule has 0 aliphatic carbocycles. The topological polar surface area (TPSA) is 57.4 Å². The second-order valence-corrected chi connectivity index (χ2v) is 5.78. The highest BCUT2D eigenvalue weighted by molar-refractivity contribution is 6.36. The van der Waals surface area contributed by atoms with Gasteiger partial charge in [0.25, 0.3) is 5.91 Å². The van der Waals surface area contributed by atoms with Gasteiger partial charge in [0, 0.05) is 5.02 Å². The van der Waals surface area contributed by atoms with Gasteiger partial charge in [-0.1, -0.05) is 41.4 Å². The Morgan fingerprint density at radius 1 is 1.13 bits per heavy atom. The van der Waals surface area contributed by atoms with Gasteiger partial charge >= 0.3 is 0 Å². The van der Waals surface area contributed by atoms with E-state index in [2.05, 4.69) is 15.3 Å². The van der Waals surface area contributed by atoms with Crippen molar-refractivity contribution in [3.05, 3.63) is 58.6 Å². The van der Waals surface area contributed by atoms with Gasteiger partial charge < -0.3 is 0 Å². The van der Waals surface area contributed by atoms with Crippen LogP contribution in [-0.4, -0.2) is 17.7 Å². The smallest absolute Gasteiger partial charge is 0.269 e. The lowest BCUT2D eigenvalue weighted by Crippen LogP contribution is -2.29. The molecule has 0 N–H and O–H groups in total. The maximum Gasteiger partial charge on any atom is 0.280 e. The maximum absolute atomic E-state index is 12.5. The number of azo groups is 1. The highest BCUT2D eigenvalue weighted by atomic mass is 35.5. The second kappa shape index (κ2) is 6.48. The molecule has 116 valence electrons. The molecule has 1 aliphatic heterocycles. The number of anilines is 1. The zero-order chi connectivity index (χ0) is 16.4. The predicted molar refractivity (Wildman–Crippen MR) is 91.8 cm³/mol. The van der Waals surface area contributed by atoms with Crippen molar-refractivity contribution in [1.82, 2.24) is 0 Å². The van der Waals surface area contributed by atoms with Gasteiger partial charge in [-0.3, -0.25) is 4.79 Å². The van der Waals surface area contributed by atoms with Crippen molar-refractivity contribution in [3.63, 3.8) is 0 Å². The zero-order valence-corrected chi connectivity index (χ0v) is 13.7. The van der Waals surface area contributed by atoms with Crippen LogP contribution in [0.15, 0.2) is 63.9 Å². The Bertz CT molecular complexity index is 805. The van der Waals surface area contributed by atoms with E-state index in [0.29, 0.717) is 27.1 Å². The molecule has 0 aromatic heterocycles. The fourth-order valence-corrected chi connectivity index (χ4v) is 2.57. The van der Waals surface area contributed by atoms with E-state index in [0.717, 1.165) is 0 Å². The number of rotatable bonds is 3. The third-order valence-corrected chi connectivity index (χ3v) is 3.83. The fraction of sp³-hybridized carbons (Fsp3) is 0.125. The second-order valence-electron chi connectivity index (χ2n) is 4.94. The largest absolute Gasteiger partial charge is 0.280 e. The van der Waals surface area contributed by atoms with Crippen molar-refractivity contribution in [2.24, 2.45) is 15.3 Å². The van der Waals surface area contributed by atoms with Crippen LogP contribution in [0.5, 0.6) is 0 Å². The molecule has 23 heavy (non-hydrogen) atoms. The van der Waals surface area contributed by atoms with E-state index in [-0.39, 0.29) is 5.91 Å². The minimum absolute atomic E-state index is 0.248. The summed E-state index contributed by atoms with van der Waals surface area (Å²) in [5, 5.41) is 14.6. The average Bonchev–Trinajstić information content (AvgIpc) is 2.82. The highest BCUT2D eigenvalue weighted by Crippen LogP contribution is 2.29. The lowest BCUT2D eigenvalue weighted by Gasteiger charge is -2.11. The maximum atomic E-state index is 12.5. The van der Waals surface area contributed by atoms with Crippen LogP contribution in [0.1, 0.15) is 6.92 Å². The molecule has 1 unspecified atom stereocenters. The Morgan fingerprint density at radius 2 is 1.87 bits per heavy atom. The van der Waals surface area contributed by atoms with E-state index >= 15 is 0 Å². The first-order valence-corrected chi connectivity index (χ1v) is 7.62. The lowest BCUT2D eigenvalue weighted by molar-refractivity contribution is -0.117. The van der Waals surface area contributed by atoms with Crippen LogP contribution in [0.3, 0.4) is 0 Å². The van der Waals surface area contributed by atoms with Crippen molar-refractivity contribution >= 4 is 46.2 Å². The van der Waals surface area contributed by atoms with Crippen LogP contribution in [0, 0.1) is 0 Å². The highest BCUT2D eigenvalue weighted by Gasteiger charge is 2.34. The summed E-state index contributed by atoms with van der Waals surface area (Å²) in [5.41, 5.74) is 1.72. The summed E-state index contributed by atoms with van der Waals surface area (Å²) < 4.78 is 0. The molecule has 1 atom stereocenters. The summed E-state index contributed by atoms with van der Waals surface area (Å²) in [6.07, 6.45) is 0. The summed E-state index contributed by atoms with van der Waals surface area (Å²) >= 11 is 11.9. The monoisotopic (exact) mass is 346 g/mol. The fourth-order valence-electron chi connectivity index (χ4n) is 2.13. The van der Waals surface area contributed by atoms with Crippen LogP contribution < -0.4 is 5.01 Å². The Hall–Kier alpha value is -2.24. The van der Waals surface area contributed by atoms with E-state index < -0.39 is 6.04 Å². The van der Waals surface area contributed by atoms with E-state index in [1.54, 1.807) is 25.1 Å². The molecule has 5 nitrogen and oxygen atoms in total. The molecule has 0 bridgehead atoms. The lowest BCUT2D eigenvalue weighted by atomic mass is 10.2. The summed E-state index contributed by atoms with van der Waals surface area (Å²) in [5.74, 6) is -0.248. The van der Waals surface area contributed by atoms with E-state index in [4.69, 9.17) is 23.2 Å². The van der Waals surface area contributed by atoms with Crippen molar-refractivity contribution in [2.45, 2.75) is 13.0 Å². The average molecular weight is 347 g/mol. The minimum Gasteiger partial charge on any atom is -0.269 e. The number of nitrogens with zero attached hydrogens (tertiary/aromatic N) is 4. The number of hydrogen-bond donors (Lipinski definition) is 0. The van der Waals surface area contributed by atoms with Crippen LogP contribution in [0.25, 0.3) is 0 Å². The van der Waals surface area contributed by atoms with Gasteiger partial charge in [-0.15, -0.1) is 0 Å². The summed E-state index contributed by atoms with van der Waals surface area (Å²) in [6, 6.07) is 13.3. The molecule has 0 radical (unpaired) electrons. The molecule has 0 spiro atoms. The Kier molecular flexibility index (Phi) is 4.41. The minimum atomic E-state index is -0.748. The van der Waals surface area contributed by atoms with Gasteiger partial charge in [-0.05, 0) is 37.3 Å². The molecule has 2 aromatic rings. The molecule has 1 amide bonds.